The van der Waals surface area contributed by atoms with Crippen LogP contribution in [0.25, 0.3) is 11.1 Å². The molecule has 0 fully saturated rings. The second-order valence-corrected chi connectivity index (χ2v) is 6.01. The van der Waals surface area contributed by atoms with Gasteiger partial charge in [0, 0.05) is 10.6 Å². The molecule has 136 valence electrons. The van der Waals surface area contributed by atoms with Gasteiger partial charge in [0.1, 0.15) is 5.75 Å². The van der Waals surface area contributed by atoms with Gasteiger partial charge in [-0.15, -0.1) is 5.10 Å². The number of H-pyrrole nitrogens is 1. The molecule has 0 saturated carbocycles. The number of halogens is 5. The Morgan fingerprint density at radius 3 is 2.50 bits per heavy atom. The number of aromatic amines is 1. The van der Waals surface area contributed by atoms with Gasteiger partial charge in [-0.05, 0) is 29.8 Å². The summed E-state index contributed by atoms with van der Waals surface area (Å²) in [5.74, 6) is 0.335. The van der Waals surface area contributed by atoms with Crippen molar-refractivity contribution >= 4 is 34.7 Å². The minimum atomic E-state index is -4.71. The lowest BCUT2D eigenvalue weighted by Crippen LogP contribution is -2.12. The van der Waals surface area contributed by atoms with E-state index in [4.69, 9.17) is 27.9 Å². The zero-order valence-electron chi connectivity index (χ0n) is 13.2. The molecule has 0 aliphatic heterocycles. The number of benzene rings is 2. The van der Waals surface area contributed by atoms with E-state index in [1.807, 2.05) is 0 Å². The van der Waals surface area contributed by atoms with Crippen LogP contribution in [0.5, 0.6) is 5.75 Å². The number of alkyl halides is 3. The summed E-state index contributed by atoms with van der Waals surface area (Å²) in [6, 6.07) is 7.06. The van der Waals surface area contributed by atoms with Gasteiger partial charge < -0.3 is 10.1 Å². The Morgan fingerprint density at radius 1 is 1.12 bits per heavy atom. The summed E-state index contributed by atoms with van der Waals surface area (Å²) in [7, 11) is 1.37. The number of hydrogen-bond acceptors (Lipinski definition) is 4. The quantitative estimate of drug-likeness (QED) is 0.600. The molecule has 3 rings (SSSR count). The van der Waals surface area contributed by atoms with Gasteiger partial charge in [-0.1, -0.05) is 29.3 Å². The third-order valence-corrected chi connectivity index (χ3v) is 4.11. The van der Waals surface area contributed by atoms with Gasteiger partial charge in [0.25, 0.3) is 0 Å². The Morgan fingerprint density at radius 2 is 1.88 bits per heavy atom. The molecule has 0 amide bonds. The molecule has 0 spiro atoms. The Labute approximate surface area is 156 Å². The van der Waals surface area contributed by atoms with Crippen molar-refractivity contribution in [1.29, 1.82) is 0 Å². The van der Waals surface area contributed by atoms with Crippen molar-refractivity contribution < 1.29 is 17.9 Å². The molecule has 0 saturated heterocycles. The van der Waals surface area contributed by atoms with Crippen LogP contribution in [-0.4, -0.2) is 22.5 Å². The largest absolute Gasteiger partial charge is 0.496 e. The second-order valence-electron chi connectivity index (χ2n) is 5.17. The van der Waals surface area contributed by atoms with Gasteiger partial charge in [-0.25, -0.2) is 0 Å². The number of methoxy groups -OCH3 is 1. The lowest BCUT2D eigenvalue weighted by atomic mass is 9.96. The normalized spacial score (nSPS) is 11.5. The van der Waals surface area contributed by atoms with Crippen molar-refractivity contribution in [2.24, 2.45) is 0 Å². The zero-order valence-corrected chi connectivity index (χ0v) is 14.7. The first-order chi connectivity index (χ1) is 12.3. The first-order valence-corrected chi connectivity index (χ1v) is 7.93. The molecule has 10 heteroatoms. The van der Waals surface area contributed by atoms with Crippen LogP contribution in [0.2, 0.25) is 10.0 Å². The summed E-state index contributed by atoms with van der Waals surface area (Å²) in [6.07, 6.45) is -3.47. The SMILES string of the molecule is COc1ccc(Cl)cc1-c1ccc(Cl)c(Nc2cn[nH]n2)c1C(F)(F)F. The highest BCUT2D eigenvalue weighted by Crippen LogP contribution is 2.47. The lowest BCUT2D eigenvalue weighted by Gasteiger charge is -2.20. The third-order valence-electron chi connectivity index (χ3n) is 3.56. The number of nitrogens with one attached hydrogen (secondary N) is 2. The van der Waals surface area contributed by atoms with Crippen LogP contribution in [0, 0.1) is 0 Å². The number of hydrogen-bond donors (Lipinski definition) is 2. The van der Waals surface area contributed by atoms with E-state index < -0.39 is 11.7 Å². The van der Waals surface area contributed by atoms with Crippen LogP contribution in [0.4, 0.5) is 24.7 Å². The van der Waals surface area contributed by atoms with Crippen molar-refractivity contribution in [3.05, 3.63) is 52.1 Å². The van der Waals surface area contributed by atoms with Crippen LogP contribution >= 0.6 is 23.2 Å². The predicted molar refractivity (Wildman–Crippen MR) is 93.1 cm³/mol. The highest BCUT2D eigenvalue weighted by molar-refractivity contribution is 6.34. The van der Waals surface area contributed by atoms with Crippen molar-refractivity contribution in [2.75, 3.05) is 12.4 Å². The van der Waals surface area contributed by atoms with Crippen molar-refractivity contribution in [3.8, 4) is 16.9 Å². The van der Waals surface area contributed by atoms with E-state index in [1.165, 1.54) is 43.6 Å². The Bertz CT molecular complexity index is 930. The highest BCUT2D eigenvalue weighted by atomic mass is 35.5. The van der Waals surface area contributed by atoms with Gasteiger partial charge in [-0.3, -0.25) is 0 Å². The Balaban J connectivity index is 2.28. The molecule has 0 aliphatic carbocycles. The summed E-state index contributed by atoms with van der Waals surface area (Å²) in [4.78, 5) is 0. The van der Waals surface area contributed by atoms with E-state index in [0.717, 1.165) is 0 Å². The maximum Gasteiger partial charge on any atom is 0.419 e. The maximum atomic E-state index is 13.9. The molecule has 5 nitrogen and oxygen atoms in total. The maximum absolute atomic E-state index is 13.9. The van der Waals surface area contributed by atoms with E-state index in [1.54, 1.807) is 0 Å². The molecule has 0 aliphatic rings. The minimum absolute atomic E-state index is 0.0904. The molecule has 3 aromatic rings. The van der Waals surface area contributed by atoms with Crippen molar-refractivity contribution in [3.63, 3.8) is 0 Å². The lowest BCUT2D eigenvalue weighted by molar-refractivity contribution is -0.136. The summed E-state index contributed by atoms with van der Waals surface area (Å²) in [5, 5.41) is 12.3. The average molecular weight is 403 g/mol. The van der Waals surface area contributed by atoms with Crippen LogP contribution in [0.3, 0.4) is 0 Å². The summed E-state index contributed by atoms with van der Waals surface area (Å²) in [6.45, 7) is 0. The summed E-state index contributed by atoms with van der Waals surface area (Å²) >= 11 is 12.0. The Kier molecular flexibility index (Phi) is 4.97. The van der Waals surface area contributed by atoms with Crippen LogP contribution in [0.1, 0.15) is 5.56 Å². The molecule has 0 bridgehead atoms. The van der Waals surface area contributed by atoms with Crippen LogP contribution < -0.4 is 10.1 Å². The number of aromatic nitrogens is 3. The molecule has 1 aromatic heterocycles. The van der Waals surface area contributed by atoms with E-state index >= 15 is 0 Å². The number of anilines is 2. The predicted octanol–water partition coefficient (Wildman–Crippen LogP) is 5.55. The third kappa shape index (κ3) is 3.56. The molecular weight excluding hydrogens is 392 g/mol. The minimum Gasteiger partial charge on any atom is -0.496 e. The van der Waals surface area contributed by atoms with Crippen LogP contribution in [0.15, 0.2) is 36.5 Å². The molecule has 1 heterocycles. The van der Waals surface area contributed by atoms with E-state index in [0.29, 0.717) is 0 Å². The van der Waals surface area contributed by atoms with E-state index in [-0.39, 0.29) is 38.4 Å². The molecule has 0 radical (unpaired) electrons. The van der Waals surface area contributed by atoms with Crippen molar-refractivity contribution in [2.45, 2.75) is 6.18 Å². The number of ether oxygens (including phenoxy) is 1. The number of rotatable bonds is 4. The fraction of sp³-hybridized carbons (Fsp3) is 0.125. The summed E-state index contributed by atoms with van der Waals surface area (Å²) in [5.41, 5.74) is -1.25. The first-order valence-electron chi connectivity index (χ1n) is 7.17. The Hall–Kier alpha value is -2.45. The summed E-state index contributed by atoms with van der Waals surface area (Å²) < 4.78 is 47.0. The van der Waals surface area contributed by atoms with Crippen LogP contribution in [-0.2, 0) is 6.18 Å². The smallest absolute Gasteiger partial charge is 0.419 e. The number of nitrogens with zero attached hydrogens (tertiary/aromatic N) is 2. The molecule has 2 aromatic carbocycles. The van der Waals surface area contributed by atoms with Gasteiger partial charge in [0.15, 0.2) is 5.82 Å². The van der Waals surface area contributed by atoms with Crippen molar-refractivity contribution in [1.82, 2.24) is 15.4 Å². The fourth-order valence-corrected chi connectivity index (χ4v) is 2.88. The zero-order chi connectivity index (χ0) is 18.9. The van der Waals surface area contributed by atoms with Gasteiger partial charge >= 0.3 is 6.18 Å². The van der Waals surface area contributed by atoms with Gasteiger partial charge in [0.05, 0.1) is 29.6 Å². The molecular formula is C16H11Cl2F3N4O. The van der Waals surface area contributed by atoms with Gasteiger partial charge in [0.2, 0.25) is 0 Å². The monoisotopic (exact) mass is 402 g/mol. The first kappa shape index (κ1) is 18.3. The van der Waals surface area contributed by atoms with E-state index in [2.05, 4.69) is 20.7 Å². The molecule has 26 heavy (non-hydrogen) atoms. The highest BCUT2D eigenvalue weighted by Gasteiger charge is 2.38. The van der Waals surface area contributed by atoms with E-state index in [9.17, 15) is 13.2 Å². The molecule has 2 N–H and O–H groups in total. The van der Waals surface area contributed by atoms with Gasteiger partial charge in [-0.2, -0.15) is 23.5 Å². The fourth-order valence-electron chi connectivity index (χ4n) is 2.50. The molecule has 0 unspecified atom stereocenters. The average Bonchev–Trinajstić information content (AvgIpc) is 3.08. The second kappa shape index (κ2) is 7.05. The molecule has 0 atom stereocenters. The topological polar surface area (TPSA) is 62.8 Å². The standard InChI is InChI=1S/C16H11Cl2F3N4O/c1-26-12-5-2-8(17)6-10(12)9-3-4-11(18)15(14(9)16(19,20)21)23-13-7-22-25-24-13/h2-7H,1H3,(H2,22,23,24,25).